The lowest BCUT2D eigenvalue weighted by Crippen LogP contribution is -2.32. The number of para-hydroxylation sites is 1. The van der Waals surface area contributed by atoms with Gasteiger partial charge in [0.25, 0.3) is 17.7 Å². The first-order valence-corrected chi connectivity index (χ1v) is 10.8. The van der Waals surface area contributed by atoms with E-state index in [2.05, 4.69) is 16.0 Å². The first-order chi connectivity index (χ1) is 16.9. The van der Waals surface area contributed by atoms with Gasteiger partial charge in [0, 0.05) is 11.6 Å². The van der Waals surface area contributed by atoms with Crippen LogP contribution in [-0.4, -0.2) is 64.2 Å². The zero-order chi connectivity index (χ0) is 25.4. The van der Waals surface area contributed by atoms with Gasteiger partial charge in [0.1, 0.15) is 6.54 Å². The summed E-state index contributed by atoms with van der Waals surface area (Å²) in [5.74, 6) is -1.42. The second-order valence-electron chi connectivity index (χ2n) is 7.60. The molecular weight excluding hydrogens is 458 g/mol. The second kappa shape index (κ2) is 11.7. The van der Waals surface area contributed by atoms with Gasteiger partial charge in [-0.15, -0.1) is 0 Å². The first kappa shape index (κ1) is 25.3. The van der Waals surface area contributed by atoms with Crippen LogP contribution < -0.4 is 30.2 Å². The topological polar surface area (TPSA) is 141 Å². The number of hydrogen-bond donors (Lipinski definition) is 3. The Balaban J connectivity index is 1.50. The van der Waals surface area contributed by atoms with Crippen molar-refractivity contribution >= 4 is 29.4 Å². The molecule has 2 aromatic rings. The third kappa shape index (κ3) is 6.85. The maximum Gasteiger partial charge on any atom is 0.325 e. The fourth-order valence-electron chi connectivity index (χ4n) is 3.13. The van der Waals surface area contributed by atoms with Gasteiger partial charge in [-0.1, -0.05) is 12.1 Å². The van der Waals surface area contributed by atoms with Gasteiger partial charge in [-0.2, -0.15) is 0 Å². The largest absolute Gasteiger partial charge is 0.493 e. The Morgan fingerprint density at radius 3 is 2.17 bits per heavy atom. The van der Waals surface area contributed by atoms with Crippen LogP contribution in [0, 0.1) is 0 Å². The maximum atomic E-state index is 12.5. The molecule has 35 heavy (non-hydrogen) atoms. The highest BCUT2D eigenvalue weighted by molar-refractivity contribution is 6.04. The molecule has 0 aromatic heterocycles. The van der Waals surface area contributed by atoms with Crippen LogP contribution in [0.5, 0.6) is 17.2 Å². The molecule has 0 bridgehead atoms. The number of carbonyl (C=O) groups is 4. The minimum absolute atomic E-state index is 0.169. The fourth-order valence-corrected chi connectivity index (χ4v) is 3.13. The summed E-state index contributed by atoms with van der Waals surface area (Å²) < 4.78 is 20.6. The molecule has 1 saturated carbocycles. The molecule has 11 heteroatoms. The summed E-state index contributed by atoms with van der Waals surface area (Å²) in [6.07, 6.45) is 1.87. The van der Waals surface area contributed by atoms with Gasteiger partial charge in [-0.3, -0.25) is 19.2 Å². The third-order valence-corrected chi connectivity index (χ3v) is 5.04. The van der Waals surface area contributed by atoms with Crippen molar-refractivity contribution in [3.63, 3.8) is 0 Å². The minimum atomic E-state index is -0.819. The van der Waals surface area contributed by atoms with Gasteiger partial charge < -0.3 is 34.9 Å². The molecule has 1 aliphatic rings. The Morgan fingerprint density at radius 2 is 1.57 bits per heavy atom. The summed E-state index contributed by atoms with van der Waals surface area (Å²) >= 11 is 0. The van der Waals surface area contributed by atoms with Crippen LogP contribution in [0.15, 0.2) is 36.4 Å². The number of rotatable bonds is 11. The molecule has 11 nitrogen and oxygen atoms in total. The molecule has 1 aliphatic carbocycles. The SMILES string of the molecule is COc1cc(C(=O)NCC(=O)OCC(=O)Nc2ccccc2C(=O)NC2CC2)cc(OC)c1OC. The van der Waals surface area contributed by atoms with Crippen LogP contribution in [0.4, 0.5) is 5.69 Å². The van der Waals surface area contributed by atoms with Crippen molar-refractivity contribution in [3.05, 3.63) is 47.5 Å². The molecule has 0 aliphatic heterocycles. The standard InChI is InChI=1S/C24H27N3O8/c1-32-18-10-14(11-19(33-2)22(18)34-3)23(30)25-12-21(29)35-13-20(28)27-17-7-5-4-6-16(17)24(31)26-15-8-9-15/h4-7,10-11,15H,8-9,12-13H2,1-3H3,(H,25,30)(H,26,31)(H,27,28). The molecular formula is C24H27N3O8. The van der Waals surface area contributed by atoms with Gasteiger partial charge in [-0.05, 0) is 37.1 Å². The van der Waals surface area contributed by atoms with Crippen molar-refractivity contribution in [3.8, 4) is 17.2 Å². The molecule has 0 heterocycles. The summed E-state index contributed by atoms with van der Waals surface area (Å²) in [5, 5.41) is 7.83. The number of hydrogen-bond acceptors (Lipinski definition) is 8. The molecule has 0 saturated heterocycles. The monoisotopic (exact) mass is 485 g/mol. The zero-order valence-electron chi connectivity index (χ0n) is 19.6. The van der Waals surface area contributed by atoms with E-state index >= 15 is 0 Å². The highest BCUT2D eigenvalue weighted by Gasteiger charge is 2.25. The van der Waals surface area contributed by atoms with E-state index in [1.54, 1.807) is 24.3 Å². The Hall–Kier alpha value is -4.28. The number of nitrogens with one attached hydrogen (secondary N) is 3. The number of amides is 3. The van der Waals surface area contributed by atoms with Crippen molar-refractivity contribution in [2.24, 2.45) is 0 Å². The average molecular weight is 485 g/mol. The normalized spacial score (nSPS) is 12.2. The summed E-state index contributed by atoms with van der Waals surface area (Å²) in [4.78, 5) is 49.1. The lowest BCUT2D eigenvalue weighted by molar-refractivity contribution is -0.146. The smallest absolute Gasteiger partial charge is 0.325 e. The van der Waals surface area contributed by atoms with Crippen LogP contribution in [0.3, 0.4) is 0 Å². The second-order valence-corrected chi connectivity index (χ2v) is 7.60. The third-order valence-electron chi connectivity index (χ3n) is 5.04. The molecule has 3 amide bonds. The predicted octanol–water partition coefficient (Wildman–Crippen LogP) is 1.52. The van der Waals surface area contributed by atoms with Crippen LogP contribution in [0.1, 0.15) is 33.6 Å². The highest BCUT2D eigenvalue weighted by atomic mass is 16.5. The van der Waals surface area contributed by atoms with E-state index in [-0.39, 0.29) is 29.0 Å². The van der Waals surface area contributed by atoms with Crippen molar-refractivity contribution in [1.82, 2.24) is 10.6 Å². The number of benzene rings is 2. The molecule has 186 valence electrons. The van der Waals surface area contributed by atoms with Gasteiger partial charge in [0.15, 0.2) is 18.1 Å². The molecule has 0 radical (unpaired) electrons. The Morgan fingerprint density at radius 1 is 0.914 bits per heavy atom. The molecule has 0 spiro atoms. The van der Waals surface area contributed by atoms with Crippen LogP contribution in [0.25, 0.3) is 0 Å². The average Bonchev–Trinajstić information content (AvgIpc) is 3.69. The van der Waals surface area contributed by atoms with Crippen molar-refractivity contribution in [2.75, 3.05) is 39.8 Å². The predicted molar refractivity (Wildman–Crippen MR) is 125 cm³/mol. The van der Waals surface area contributed by atoms with Gasteiger partial charge in [0.2, 0.25) is 5.75 Å². The van der Waals surface area contributed by atoms with Gasteiger partial charge in [0.05, 0.1) is 32.6 Å². The summed E-state index contributed by atoms with van der Waals surface area (Å²) in [5.41, 5.74) is 0.796. The fraction of sp³-hybridized carbons (Fsp3) is 0.333. The molecule has 2 aromatic carbocycles. The summed E-state index contributed by atoms with van der Waals surface area (Å²) in [6, 6.07) is 9.58. The van der Waals surface area contributed by atoms with Gasteiger partial charge in [-0.25, -0.2) is 0 Å². The number of methoxy groups -OCH3 is 3. The van der Waals surface area contributed by atoms with E-state index in [1.807, 2.05) is 0 Å². The quantitative estimate of drug-likeness (QED) is 0.407. The number of carbonyl (C=O) groups excluding carboxylic acids is 4. The Bertz CT molecular complexity index is 1090. The minimum Gasteiger partial charge on any atom is -0.493 e. The van der Waals surface area contributed by atoms with Crippen LogP contribution >= 0.6 is 0 Å². The molecule has 0 unspecified atom stereocenters. The highest BCUT2D eigenvalue weighted by Crippen LogP contribution is 2.38. The molecule has 1 fully saturated rings. The van der Waals surface area contributed by atoms with Crippen molar-refractivity contribution in [2.45, 2.75) is 18.9 Å². The number of anilines is 1. The van der Waals surface area contributed by atoms with Crippen LogP contribution in [0.2, 0.25) is 0 Å². The van der Waals surface area contributed by atoms with E-state index in [9.17, 15) is 19.2 Å². The Labute approximate surface area is 202 Å². The van der Waals surface area contributed by atoms with E-state index < -0.39 is 30.9 Å². The summed E-state index contributed by atoms with van der Waals surface area (Å²) in [6.45, 7) is -1.05. The molecule has 0 atom stereocenters. The maximum absolute atomic E-state index is 12.5. The Kier molecular flexibility index (Phi) is 8.49. The first-order valence-electron chi connectivity index (χ1n) is 10.8. The number of esters is 1. The molecule has 3 N–H and O–H groups in total. The van der Waals surface area contributed by atoms with E-state index in [1.165, 1.54) is 33.5 Å². The molecule has 3 rings (SSSR count). The van der Waals surface area contributed by atoms with Crippen molar-refractivity contribution in [1.29, 1.82) is 0 Å². The lowest BCUT2D eigenvalue weighted by atomic mass is 10.1. The zero-order valence-corrected chi connectivity index (χ0v) is 19.6. The number of ether oxygens (including phenoxy) is 4. The van der Waals surface area contributed by atoms with E-state index in [4.69, 9.17) is 18.9 Å². The van der Waals surface area contributed by atoms with Crippen molar-refractivity contribution < 1.29 is 38.1 Å². The van der Waals surface area contributed by atoms with Gasteiger partial charge >= 0.3 is 5.97 Å². The van der Waals surface area contributed by atoms with E-state index in [0.29, 0.717) is 17.0 Å². The lowest BCUT2D eigenvalue weighted by Gasteiger charge is -2.14. The van der Waals surface area contributed by atoms with E-state index in [0.717, 1.165) is 12.8 Å². The van der Waals surface area contributed by atoms with Crippen LogP contribution in [-0.2, 0) is 14.3 Å². The summed E-state index contributed by atoms with van der Waals surface area (Å²) in [7, 11) is 4.27.